The van der Waals surface area contributed by atoms with E-state index in [1.54, 1.807) is 18.2 Å². The number of rotatable bonds is 1. The van der Waals surface area contributed by atoms with E-state index in [4.69, 9.17) is 13.0 Å². The average molecular weight is 280 g/mol. The van der Waals surface area contributed by atoms with Gasteiger partial charge in [-0.25, -0.2) is 0 Å². The van der Waals surface area contributed by atoms with E-state index in [1.807, 2.05) is 0 Å². The summed E-state index contributed by atoms with van der Waals surface area (Å²) in [5.41, 5.74) is 1.14. The number of amides is 3. The summed E-state index contributed by atoms with van der Waals surface area (Å²) in [5.74, 6) is -1.54. The topological polar surface area (TPSA) is 66.5 Å². The molecule has 1 saturated heterocycles. The Morgan fingerprint density at radius 2 is 2.16 bits per heavy atom. The number of imide groups is 1. The van der Waals surface area contributed by atoms with Crippen LogP contribution in [-0.2, 0) is 16.1 Å². The lowest BCUT2D eigenvalue weighted by Crippen LogP contribution is -2.52. The summed E-state index contributed by atoms with van der Waals surface area (Å²) in [6, 6.07) is 3.11. The Morgan fingerprint density at radius 3 is 2.89 bits per heavy atom. The van der Waals surface area contributed by atoms with Crippen LogP contribution in [-0.4, -0.2) is 28.6 Å². The van der Waals surface area contributed by atoms with Gasteiger partial charge in [-0.15, -0.1) is 0 Å². The Balaban J connectivity index is 1.95. The SMILES string of the molecule is [2H]C1(N2Cc3cc(Cl)ccc3C2=O)CCC(=O)NC1=O. The second kappa shape index (κ2) is 4.35. The van der Waals surface area contributed by atoms with Crippen molar-refractivity contribution in [1.29, 1.82) is 0 Å². The highest BCUT2D eigenvalue weighted by molar-refractivity contribution is 6.30. The highest BCUT2D eigenvalue weighted by Crippen LogP contribution is 2.29. The first-order valence-corrected chi connectivity index (χ1v) is 6.24. The third-order valence-electron chi connectivity index (χ3n) is 3.30. The molecule has 1 atom stereocenters. The maximum Gasteiger partial charge on any atom is 0.255 e. The number of benzene rings is 1. The van der Waals surface area contributed by atoms with Crippen LogP contribution in [0.3, 0.4) is 0 Å². The Hall–Kier alpha value is -1.88. The van der Waals surface area contributed by atoms with Crippen molar-refractivity contribution in [3.05, 3.63) is 34.3 Å². The smallest absolute Gasteiger partial charge is 0.255 e. The lowest BCUT2D eigenvalue weighted by atomic mass is 10.0. The largest absolute Gasteiger partial charge is 0.322 e. The van der Waals surface area contributed by atoms with Crippen molar-refractivity contribution in [3.8, 4) is 0 Å². The molecule has 1 unspecified atom stereocenters. The van der Waals surface area contributed by atoms with Crippen molar-refractivity contribution in [2.24, 2.45) is 0 Å². The summed E-state index contributed by atoms with van der Waals surface area (Å²) in [5, 5.41) is 2.62. The molecule has 1 N–H and O–H groups in total. The Labute approximate surface area is 115 Å². The monoisotopic (exact) mass is 279 g/mol. The molecule has 0 spiro atoms. The molecule has 2 aliphatic rings. The van der Waals surface area contributed by atoms with Crippen molar-refractivity contribution >= 4 is 29.3 Å². The van der Waals surface area contributed by atoms with Gasteiger partial charge in [0.1, 0.15) is 6.02 Å². The molecule has 5 nitrogen and oxygen atoms in total. The number of nitrogens with zero attached hydrogens (tertiary/aromatic N) is 1. The molecule has 0 saturated carbocycles. The molecule has 3 amide bonds. The molecule has 0 radical (unpaired) electrons. The molecule has 19 heavy (non-hydrogen) atoms. The minimum Gasteiger partial charge on any atom is -0.322 e. The van der Waals surface area contributed by atoms with Crippen molar-refractivity contribution in [2.45, 2.75) is 25.4 Å². The normalized spacial score (nSPS) is 27.1. The quantitative estimate of drug-likeness (QED) is 0.783. The van der Waals surface area contributed by atoms with Crippen LogP contribution < -0.4 is 5.32 Å². The summed E-state index contributed by atoms with van der Waals surface area (Å²) in [6.45, 7) is 0.153. The fraction of sp³-hybridized carbons (Fsp3) is 0.308. The first-order valence-electron chi connectivity index (χ1n) is 6.36. The van der Waals surface area contributed by atoms with Crippen molar-refractivity contribution in [1.82, 2.24) is 10.2 Å². The van der Waals surface area contributed by atoms with Gasteiger partial charge < -0.3 is 4.90 Å². The predicted octanol–water partition coefficient (Wildman–Crippen LogP) is 1.10. The van der Waals surface area contributed by atoms with Crippen LogP contribution in [0.25, 0.3) is 0 Å². The zero-order chi connectivity index (χ0) is 14.5. The van der Waals surface area contributed by atoms with Crippen LogP contribution in [0.4, 0.5) is 0 Å². The second-order valence-electron chi connectivity index (χ2n) is 4.52. The van der Waals surface area contributed by atoms with Crippen LogP contribution >= 0.6 is 11.6 Å². The van der Waals surface area contributed by atoms with Gasteiger partial charge in [-0.1, -0.05) is 11.6 Å². The molecule has 0 aromatic heterocycles. The van der Waals surface area contributed by atoms with Crippen molar-refractivity contribution in [3.63, 3.8) is 0 Å². The first-order chi connectivity index (χ1) is 9.41. The van der Waals surface area contributed by atoms with Gasteiger partial charge in [0.25, 0.3) is 5.91 Å². The van der Waals surface area contributed by atoms with Gasteiger partial charge in [0, 0.05) is 23.6 Å². The molecule has 1 aromatic carbocycles. The molecular formula is C13H11ClN2O3. The number of hydrogen-bond acceptors (Lipinski definition) is 3. The second-order valence-corrected chi connectivity index (χ2v) is 4.95. The summed E-state index contributed by atoms with van der Waals surface area (Å²) >= 11 is 5.89. The minimum absolute atomic E-state index is 0.00509. The molecule has 0 aliphatic carbocycles. The molecule has 2 aliphatic heterocycles. The molecule has 1 aromatic rings. The Kier molecular flexibility index (Phi) is 2.51. The summed E-state index contributed by atoms with van der Waals surface area (Å²) in [6.07, 6.45) is 0.0568. The van der Waals surface area contributed by atoms with Gasteiger partial charge in [-0.05, 0) is 30.2 Å². The zero-order valence-electron chi connectivity index (χ0n) is 10.9. The maximum atomic E-state index is 12.3. The summed E-state index contributed by atoms with van der Waals surface area (Å²) in [7, 11) is 0. The fourth-order valence-corrected chi connectivity index (χ4v) is 2.57. The number of halogens is 1. The van der Waals surface area contributed by atoms with Crippen molar-refractivity contribution in [2.75, 3.05) is 0 Å². The average Bonchev–Trinajstić information content (AvgIpc) is 2.72. The van der Waals surface area contributed by atoms with E-state index in [9.17, 15) is 14.4 Å². The molecule has 2 heterocycles. The van der Waals surface area contributed by atoms with Gasteiger partial charge >= 0.3 is 0 Å². The number of fused-ring (bicyclic) bond motifs is 1. The van der Waals surface area contributed by atoms with E-state index < -0.39 is 17.8 Å². The third-order valence-corrected chi connectivity index (χ3v) is 3.54. The molecule has 0 bridgehead atoms. The highest BCUT2D eigenvalue weighted by Gasteiger charge is 2.38. The molecule has 3 rings (SSSR count). The standard InChI is InChI=1S/C13H11ClN2O3/c14-8-1-2-9-7(5-8)6-16(13(9)19)10-3-4-11(17)15-12(10)18/h1-2,5,10H,3-4,6H2,(H,15,17,18)/i10D. The van der Waals surface area contributed by atoms with Gasteiger partial charge in [-0.3, -0.25) is 19.7 Å². The number of carbonyl (C=O) groups is 3. The van der Waals surface area contributed by atoms with Crippen molar-refractivity contribution < 1.29 is 15.8 Å². The Bertz CT molecular complexity index is 649. The van der Waals surface area contributed by atoms with E-state index in [0.29, 0.717) is 16.1 Å². The Morgan fingerprint density at radius 1 is 1.37 bits per heavy atom. The molecule has 1 fully saturated rings. The molecule has 98 valence electrons. The lowest BCUT2D eigenvalue weighted by Gasteiger charge is -2.29. The predicted molar refractivity (Wildman–Crippen MR) is 67.5 cm³/mol. The number of piperidine rings is 1. The molecule has 6 heteroatoms. The number of carbonyl (C=O) groups excluding carboxylic acids is 3. The lowest BCUT2D eigenvalue weighted by molar-refractivity contribution is -0.136. The van der Waals surface area contributed by atoms with E-state index >= 15 is 0 Å². The van der Waals surface area contributed by atoms with E-state index in [1.165, 1.54) is 4.90 Å². The number of hydrogen-bond donors (Lipinski definition) is 1. The zero-order valence-corrected chi connectivity index (χ0v) is 10.7. The minimum atomic E-state index is -1.74. The summed E-state index contributed by atoms with van der Waals surface area (Å²) < 4.78 is 8.28. The molecular weight excluding hydrogens is 268 g/mol. The van der Waals surface area contributed by atoms with Crippen LogP contribution in [0.1, 0.15) is 30.1 Å². The first kappa shape index (κ1) is 11.0. The van der Waals surface area contributed by atoms with E-state index in [-0.39, 0.29) is 25.3 Å². The van der Waals surface area contributed by atoms with Crippen LogP contribution in [0, 0.1) is 0 Å². The van der Waals surface area contributed by atoms with Gasteiger partial charge in [0.2, 0.25) is 11.8 Å². The number of nitrogens with one attached hydrogen (secondary N) is 1. The van der Waals surface area contributed by atoms with Crippen LogP contribution in [0.5, 0.6) is 0 Å². The van der Waals surface area contributed by atoms with Gasteiger partial charge in [-0.2, -0.15) is 0 Å². The fourth-order valence-electron chi connectivity index (χ4n) is 2.37. The summed E-state index contributed by atoms with van der Waals surface area (Å²) in [4.78, 5) is 36.6. The van der Waals surface area contributed by atoms with Gasteiger partial charge in [0.05, 0.1) is 1.37 Å². The maximum absolute atomic E-state index is 12.3. The third kappa shape index (κ3) is 2.00. The van der Waals surface area contributed by atoms with E-state index in [2.05, 4.69) is 5.32 Å². The van der Waals surface area contributed by atoms with Gasteiger partial charge in [0.15, 0.2) is 0 Å². The van der Waals surface area contributed by atoms with Crippen LogP contribution in [0.15, 0.2) is 18.2 Å². The highest BCUT2D eigenvalue weighted by atomic mass is 35.5. The van der Waals surface area contributed by atoms with E-state index in [0.717, 1.165) is 0 Å². The van der Waals surface area contributed by atoms with Crippen LogP contribution in [0.2, 0.25) is 5.02 Å².